The average molecular weight is 238 g/mol. The van der Waals surface area contributed by atoms with Gasteiger partial charge in [0.2, 0.25) is 5.91 Å². The van der Waals surface area contributed by atoms with Crippen molar-refractivity contribution in [2.24, 2.45) is 17.1 Å². The summed E-state index contributed by atoms with van der Waals surface area (Å²) in [6, 6.07) is 0. The fourth-order valence-corrected chi connectivity index (χ4v) is 1.79. The molecule has 0 aromatic rings. The summed E-state index contributed by atoms with van der Waals surface area (Å²) in [5.41, 5.74) is 5.00. The molecule has 0 saturated heterocycles. The molecular weight excluding hydrogens is 212 g/mol. The van der Waals surface area contributed by atoms with Crippen molar-refractivity contribution in [1.82, 2.24) is 5.32 Å². The quantitative estimate of drug-likeness (QED) is 0.738. The molecule has 0 spiro atoms. The van der Waals surface area contributed by atoms with Gasteiger partial charge in [0.1, 0.15) is 0 Å². The number of hydrogen-bond donors (Lipinski definition) is 2. The summed E-state index contributed by atoms with van der Waals surface area (Å²) in [6.07, 6.45) is 7.80. The highest BCUT2D eigenvalue weighted by molar-refractivity contribution is 5.83. The first-order valence-electron chi connectivity index (χ1n) is 6.47. The zero-order chi connectivity index (χ0) is 13.1. The Labute approximate surface area is 105 Å². The van der Waals surface area contributed by atoms with Crippen molar-refractivity contribution in [3.05, 3.63) is 12.2 Å². The van der Waals surface area contributed by atoms with Crippen molar-refractivity contribution in [1.29, 1.82) is 0 Å². The SMILES string of the molecule is CC(C)(N)C(C)(C)C(=O)NCC1CC=CCC1. The molecular formula is C14H26N2O. The molecule has 3 heteroatoms. The highest BCUT2D eigenvalue weighted by atomic mass is 16.2. The van der Waals surface area contributed by atoms with Crippen LogP contribution < -0.4 is 11.1 Å². The van der Waals surface area contributed by atoms with Crippen LogP contribution in [-0.2, 0) is 4.79 Å². The van der Waals surface area contributed by atoms with Gasteiger partial charge < -0.3 is 11.1 Å². The number of carbonyl (C=O) groups excluding carboxylic acids is 1. The van der Waals surface area contributed by atoms with Crippen molar-refractivity contribution in [2.75, 3.05) is 6.54 Å². The van der Waals surface area contributed by atoms with Gasteiger partial charge in [-0.25, -0.2) is 0 Å². The number of amides is 1. The van der Waals surface area contributed by atoms with Crippen LogP contribution in [0, 0.1) is 11.3 Å². The first-order chi connectivity index (χ1) is 7.75. The number of carbonyl (C=O) groups is 1. The lowest BCUT2D eigenvalue weighted by Gasteiger charge is -2.37. The predicted molar refractivity (Wildman–Crippen MR) is 71.5 cm³/mol. The lowest BCUT2D eigenvalue weighted by Crippen LogP contribution is -2.56. The summed E-state index contributed by atoms with van der Waals surface area (Å²) < 4.78 is 0. The maximum Gasteiger partial charge on any atom is 0.227 e. The number of nitrogens with two attached hydrogens (primary N) is 1. The van der Waals surface area contributed by atoms with E-state index in [2.05, 4.69) is 17.5 Å². The minimum Gasteiger partial charge on any atom is -0.355 e. The van der Waals surface area contributed by atoms with Crippen LogP contribution in [0.5, 0.6) is 0 Å². The molecule has 0 aliphatic heterocycles. The van der Waals surface area contributed by atoms with Crippen LogP contribution in [0.4, 0.5) is 0 Å². The van der Waals surface area contributed by atoms with Crippen molar-refractivity contribution in [3.63, 3.8) is 0 Å². The maximum atomic E-state index is 12.1. The fourth-order valence-electron chi connectivity index (χ4n) is 1.79. The predicted octanol–water partition coefficient (Wildman–Crippen LogP) is 2.22. The van der Waals surface area contributed by atoms with E-state index in [1.54, 1.807) is 0 Å². The van der Waals surface area contributed by atoms with Gasteiger partial charge in [0.25, 0.3) is 0 Å². The Morgan fingerprint density at radius 1 is 1.35 bits per heavy atom. The Kier molecular flexibility index (Phi) is 4.36. The van der Waals surface area contributed by atoms with Crippen molar-refractivity contribution in [2.45, 2.75) is 52.5 Å². The van der Waals surface area contributed by atoms with E-state index < -0.39 is 11.0 Å². The molecule has 3 N–H and O–H groups in total. The first-order valence-corrected chi connectivity index (χ1v) is 6.47. The van der Waals surface area contributed by atoms with Gasteiger partial charge in [-0.3, -0.25) is 4.79 Å². The largest absolute Gasteiger partial charge is 0.355 e. The lowest BCUT2D eigenvalue weighted by atomic mass is 9.74. The van der Waals surface area contributed by atoms with Gasteiger partial charge in [-0.1, -0.05) is 12.2 Å². The Hall–Kier alpha value is -0.830. The lowest BCUT2D eigenvalue weighted by molar-refractivity contribution is -0.132. The summed E-state index contributed by atoms with van der Waals surface area (Å²) in [7, 11) is 0. The summed E-state index contributed by atoms with van der Waals surface area (Å²) in [4.78, 5) is 12.1. The summed E-state index contributed by atoms with van der Waals surface area (Å²) in [5.74, 6) is 0.639. The van der Waals surface area contributed by atoms with Crippen molar-refractivity contribution >= 4 is 5.91 Å². The van der Waals surface area contributed by atoms with Gasteiger partial charge in [-0.15, -0.1) is 0 Å². The molecule has 1 unspecified atom stereocenters. The minimum atomic E-state index is -0.544. The standard InChI is InChI=1S/C14H26N2O/c1-13(2,14(3,4)15)12(17)16-10-11-8-6-5-7-9-11/h5-6,11H,7-10,15H2,1-4H3,(H,16,17). The van der Waals surface area contributed by atoms with Gasteiger partial charge in [0.05, 0.1) is 5.41 Å². The third kappa shape index (κ3) is 3.56. The average Bonchev–Trinajstić information content (AvgIpc) is 2.25. The van der Waals surface area contributed by atoms with Crippen LogP contribution in [0.3, 0.4) is 0 Å². The Bertz CT molecular complexity index is 300. The highest BCUT2D eigenvalue weighted by Gasteiger charge is 2.40. The Balaban J connectivity index is 2.46. The molecule has 3 nitrogen and oxygen atoms in total. The summed E-state index contributed by atoms with van der Waals surface area (Å²) in [6.45, 7) is 8.38. The molecule has 0 fully saturated rings. The van der Waals surface area contributed by atoms with Gasteiger partial charge in [0, 0.05) is 12.1 Å². The number of hydrogen-bond acceptors (Lipinski definition) is 2. The van der Waals surface area contributed by atoms with E-state index in [9.17, 15) is 4.79 Å². The van der Waals surface area contributed by atoms with Crippen LogP contribution in [0.15, 0.2) is 12.2 Å². The summed E-state index contributed by atoms with van der Waals surface area (Å²) >= 11 is 0. The third-order valence-corrected chi connectivity index (χ3v) is 4.11. The van der Waals surface area contributed by atoms with Gasteiger partial charge in [-0.05, 0) is 52.9 Å². The molecule has 98 valence electrons. The molecule has 1 aliphatic carbocycles. The van der Waals surface area contributed by atoms with E-state index in [-0.39, 0.29) is 5.91 Å². The number of nitrogens with one attached hydrogen (secondary N) is 1. The van der Waals surface area contributed by atoms with E-state index in [1.807, 2.05) is 27.7 Å². The molecule has 0 saturated carbocycles. The fraction of sp³-hybridized carbons (Fsp3) is 0.786. The van der Waals surface area contributed by atoms with Crippen LogP contribution in [0.25, 0.3) is 0 Å². The van der Waals surface area contributed by atoms with Gasteiger partial charge in [-0.2, -0.15) is 0 Å². The van der Waals surface area contributed by atoms with E-state index >= 15 is 0 Å². The molecule has 0 aromatic heterocycles. The van der Waals surface area contributed by atoms with E-state index in [4.69, 9.17) is 5.73 Å². The molecule has 1 atom stereocenters. The minimum absolute atomic E-state index is 0.0551. The monoisotopic (exact) mass is 238 g/mol. The van der Waals surface area contributed by atoms with Crippen LogP contribution in [0.2, 0.25) is 0 Å². The molecule has 0 bridgehead atoms. The maximum absolute atomic E-state index is 12.1. The van der Waals surface area contributed by atoms with Gasteiger partial charge in [0.15, 0.2) is 0 Å². The summed E-state index contributed by atoms with van der Waals surface area (Å²) in [5, 5.41) is 3.05. The zero-order valence-corrected chi connectivity index (χ0v) is 11.5. The Morgan fingerprint density at radius 2 is 2.00 bits per heavy atom. The number of allylic oxidation sites excluding steroid dienone is 2. The normalized spacial score (nSPS) is 21.4. The van der Waals surface area contributed by atoms with Crippen LogP contribution in [-0.4, -0.2) is 18.0 Å². The first kappa shape index (κ1) is 14.2. The molecule has 0 radical (unpaired) electrons. The molecule has 0 heterocycles. The molecule has 17 heavy (non-hydrogen) atoms. The second kappa shape index (κ2) is 5.21. The Morgan fingerprint density at radius 3 is 2.47 bits per heavy atom. The van der Waals surface area contributed by atoms with E-state index in [0.717, 1.165) is 19.4 Å². The van der Waals surface area contributed by atoms with Crippen LogP contribution in [0.1, 0.15) is 47.0 Å². The molecule has 1 aliphatic rings. The smallest absolute Gasteiger partial charge is 0.227 e. The molecule has 0 aromatic carbocycles. The van der Waals surface area contributed by atoms with Gasteiger partial charge >= 0.3 is 0 Å². The topological polar surface area (TPSA) is 55.1 Å². The molecule has 1 amide bonds. The third-order valence-electron chi connectivity index (χ3n) is 4.11. The van der Waals surface area contributed by atoms with E-state index in [0.29, 0.717) is 5.92 Å². The highest BCUT2D eigenvalue weighted by Crippen LogP contribution is 2.28. The zero-order valence-electron chi connectivity index (χ0n) is 11.5. The van der Waals surface area contributed by atoms with Crippen LogP contribution >= 0.6 is 0 Å². The van der Waals surface area contributed by atoms with Crippen molar-refractivity contribution in [3.8, 4) is 0 Å². The number of rotatable bonds is 4. The van der Waals surface area contributed by atoms with E-state index in [1.165, 1.54) is 6.42 Å². The second-order valence-corrected chi connectivity index (χ2v) is 6.21. The van der Waals surface area contributed by atoms with Crippen molar-refractivity contribution < 1.29 is 4.79 Å². The molecule has 1 rings (SSSR count). The second-order valence-electron chi connectivity index (χ2n) is 6.21.